The van der Waals surface area contributed by atoms with Gasteiger partial charge in [-0.3, -0.25) is 33.6 Å². The number of fused-ring (bicyclic) bond motifs is 5. The minimum Gasteiger partial charge on any atom is -0.467 e. The van der Waals surface area contributed by atoms with Gasteiger partial charge in [0.15, 0.2) is 61.4 Å². The quantitative estimate of drug-likeness (QED) is 0.0774. The summed E-state index contributed by atoms with van der Waals surface area (Å²) in [4.78, 5) is 127. The Morgan fingerprint density at radius 3 is 1.60 bits per heavy atom. The van der Waals surface area contributed by atoms with Gasteiger partial charge in [-0.2, -0.15) is 5.10 Å². The molecule has 0 bridgehead atoms. The number of carbonyl (C=O) groups excluding carboxylic acids is 10. The van der Waals surface area contributed by atoms with E-state index in [1.54, 1.807) is 0 Å². The number of carbonyl (C=O) groups is 10. The largest absolute Gasteiger partial charge is 0.467 e. The highest BCUT2D eigenvalue weighted by molar-refractivity contribution is 5.92. The van der Waals surface area contributed by atoms with Gasteiger partial charge < -0.3 is 62.6 Å². The van der Waals surface area contributed by atoms with Crippen molar-refractivity contribution in [3.63, 3.8) is 0 Å². The molecule has 0 aromatic rings. The molecule has 2 saturated heterocycles. The molecule has 3 N–H and O–H groups in total. The lowest BCUT2D eigenvalue weighted by Crippen LogP contribution is -2.64. The van der Waals surface area contributed by atoms with Crippen LogP contribution in [0.25, 0.3) is 0 Å². The molecule has 73 heavy (non-hydrogen) atoms. The fourth-order valence-electron chi connectivity index (χ4n) is 12.8. The van der Waals surface area contributed by atoms with Crippen molar-refractivity contribution >= 4 is 65.3 Å². The van der Waals surface area contributed by atoms with Gasteiger partial charge in [0.2, 0.25) is 0 Å². The van der Waals surface area contributed by atoms with E-state index in [-0.39, 0.29) is 41.6 Å². The number of urea groups is 1. The van der Waals surface area contributed by atoms with Crippen LogP contribution in [0.2, 0.25) is 0 Å². The Bertz CT molecular complexity index is 2200. The average molecular weight is 1040 g/mol. The molecule has 6 fully saturated rings. The lowest BCUT2D eigenvalue weighted by atomic mass is 9.44. The van der Waals surface area contributed by atoms with Crippen molar-refractivity contribution in [2.45, 2.75) is 174 Å². The van der Waals surface area contributed by atoms with Crippen molar-refractivity contribution in [3.8, 4) is 0 Å². The molecule has 2 heterocycles. The molecule has 4 saturated carbocycles. The van der Waals surface area contributed by atoms with Gasteiger partial charge in [-0.25, -0.2) is 19.8 Å². The fourth-order valence-corrected chi connectivity index (χ4v) is 12.8. The second-order valence-electron chi connectivity index (χ2n) is 20.1. The van der Waals surface area contributed by atoms with E-state index in [0.717, 1.165) is 55.8 Å². The lowest BCUT2D eigenvalue weighted by molar-refractivity contribution is -0.314. The van der Waals surface area contributed by atoms with Gasteiger partial charge in [0, 0.05) is 59.8 Å². The molecule has 6 aliphatic rings. The Labute approximate surface area is 421 Å². The molecule has 4 aliphatic carbocycles. The zero-order valence-electron chi connectivity index (χ0n) is 42.6. The number of hydrogen-bond donors (Lipinski definition) is 2. The monoisotopic (exact) mass is 1040 g/mol. The van der Waals surface area contributed by atoms with Crippen molar-refractivity contribution in [3.05, 3.63) is 0 Å². The van der Waals surface area contributed by atoms with Gasteiger partial charge in [-0.05, 0) is 73.5 Å². The molecule has 406 valence electrons. The summed E-state index contributed by atoms with van der Waals surface area (Å²) in [6.45, 7) is 10.2. The highest BCUT2D eigenvalue weighted by atomic mass is 16.8. The number of hydrazone groups is 1. The minimum absolute atomic E-state index is 0.00857. The molecule has 2 amide bonds. The number of ether oxygens (including phenoxy) is 12. The molecular formula is C48H67N3O22. The molecule has 6 rings (SSSR count). The van der Waals surface area contributed by atoms with Gasteiger partial charge in [-0.15, -0.1) is 0 Å². The van der Waals surface area contributed by atoms with Crippen LogP contribution < -0.4 is 11.2 Å². The van der Waals surface area contributed by atoms with Gasteiger partial charge in [0.05, 0.1) is 32.6 Å². The third-order valence-electron chi connectivity index (χ3n) is 15.4. The lowest BCUT2D eigenvalue weighted by Gasteiger charge is -2.60. The first-order valence-corrected chi connectivity index (χ1v) is 24.2. The number of nitrogens with zero attached hydrogens (tertiary/aromatic N) is 1. The van der Waals surface area contributed by atoms with Crippen molar-refractivity contribution in [1.29, 1.82) is 0 Å². The molecule has 25 nitrogen and oxygen atoms in total. The summed E-state index contributed by atoms with van der Waals surface area (Å²) in [5.41, 5.74) is 6.82. The maximum Gasteiger partial charge on any atom is 0.339 e. The number of Topliss-reactive ketones (excluding diaryl/α,β-unsaturated/α-hetero) is 1. The number of ketones is 1. The summed E-state index contributed by atoms with van der Waals surface area (Å²) < 4.78 is 67.5. The van der Waals surface area contributed by atoms with E-state index < -0.39 is 145 Å². The smallest absolute Gasteiger partial charge is 0.339 e. The first-order valence-electron chi connectivity index (χ1n) is 24.2. The van der Waals surface area contributed by atoms with Crippen LogP contribution in [-0.4, -0.2) is 154 Å². The summed E-state index contributed by atoms with van der Waals surface area (Å²) in [5, 5.41) is 4.37. The summed E-state index contributed by atoms with van der Waals surface area (Å²) >= 11 is 0. The Morgan fingerprint density at radius 2 is 1.11 bits per heavy atom. The van der Waals surface area contributed by atoms with E-state index in [0.29, 0.717) is 44.9 Å². The predicted octanol–water partition coefficient (Wildman–Crippen LogP) is 1.64. The molecule has 25 heteroatoms. The topological polar surface area (TPSA) is 332 Å². The number of methoxy groups -OCH3 is 2. The Kier molecular flexibility index (Phi) is 17.9. The zero-order chi connectivity index (χ0) is 53.9. The highest BCUT2D eigenvalue weighted by Gasteiger charge is 2.65. The SMILES string of the molecule is COC(=O)C1O[C@@H](O[C@@H]2CCC3(C)C(CCC4C5CCC(C(CO[C@H]6OC(C(=O)OC)[C@H](OC(C)=O)[C@@H](OC(C)=O)[C@@H]6OC(C)=O)=NNC(N)=O)C5(C)CC(=O)C43)C2)[C@H](OC(C)=O)[C@@H](OC(C)=O)[C@@H]1OC(C)=O. The average Bonchev–Trinajstić information content (AvgIpc) is 3.64. The number of amides is 2. The third kappa shape index (κ3) is 12.3. The maximum absolute atomic E-state index is 14.9. The van der Waals surface area contributed by atoms with E-state index in [1.165, 1.54) is 0 Å². The van der Waals surface area contributed by atoms with Crippen molar-refractivity contribution in [2.75, 3.05) is 20.8 Å². The van der Waals surface area contributed by atoms with E-state index >= 15 is 0 Å². The van der Waals surface area contributed by atoms with Crippen LogP contribution in [0.1, 0.15) is 107 Å². The third-order valence-corrected chi connectivity index (χ3v) is 15.4. The molecule has 0 aromatic heterocycles. The van der Waals surface area contributed by atoms with Crippen molar-refractivity contribution in [2.24, 2.45) is 51.3 Å². The van der Waals surface area contributed by atoms with Gasteiger partial charge in [0.1, 0.15) is 5.78 Å². The molecule has 18 atom stereocenters. The molecule has 9 unspecified atom stereocenters. The summed E-state index contributed by atoms with van der Waals surface area (Å²) in [7, 11) is 2.15. The van der Waals surface area contributed by atoms with Crippen LogP contribution in [0.15, 0.2) is 5.10 Å². The number of esters is 8. The van der Waals surface area contributed by atoms with Crippen LogP contribution in [-0.2, 0) is 100.0 Å². The molecule has 2 aliphatic heterocycles. The fraction of sp³-hybridized carbons (Fsp3) is 0.771. The standard InChI is InChI=1S/C48H67N3O22/c1-20(52)65-34-36(67-22(3)54)40(69-24(5)56)44(72-38(34)42(59)62-9)64-19-31(50-51-46(49)61)30-14-13-29-28-12-11-26-17-27(15-16-47(26,7)33(28)32(58)18-48(29,30)8)71-45-41(70-25(6)57)37(68-23(4)55)35(66-21(2)53)39(73-45)43(60)63-10/h26-30,33-41,44-45H,11-19H2,1-10H3,(H3,49,51,61)/t26?,27-,28?,29?,30?,33?,34-,35+,36-,37+,38?,39?,40+,41-,44+,45-,47?,48?/m1/s1. The Hall–Kier alpha value is -5.79. The number of rotatable bonds is 15. The number of nitrogens with one attached hydrogen (secondary N) is 1. The Balaban J connectivity index is 1.22. The van der Waals surface area contributed by atoms with E-state index in [1.807, 2.05) is 6.92 Å². The zero-order valence-corrected chi connectivity index (χ0v) is 42.6. The Morgan fingerprint density at radius 1 is 0.630 bits per heavy atom. The van der Waals surface area contributed by atoms with E-state index in [4.69, 9.17) is 62.6 Å². The number of primary amides is 1. The minimum atomic E-state index is -1.73. The first-order chi connectivity index (χ1) is 34.3. The van der Waals surface area contributed by atoms with Crippen molar-refractivity contribution in [1.82, 2.24) is 5.43 Å². The van der Waals surface area contributed by atoms with Crippen molar-refractivity contribution < 1.29 is 105 Å². The van der Waals surface area contributed by atoms with Crippen LogP contribution in [0.4, 0.5) is 4.79 Å². The van der Waals surface area contributed by atoms with E-state index in [2.05, 4.69) is 17.5 Å². The van der Waals surface area contributed by atoms with Gasteiger partial charge in [0.25, 0.3) is 0 Å². The predicted molar refractivity (Wildman–Crippen MR) is 241 cm³/mol. The molecule has 0 radical (unpaired) electrons. The number of nitrogens with two attached hydrogens (primary N) is 1. The van der Waals surface area contributed by atoms with Crippen LogP contribution in [0.3, 0.4) is 0 Å². The summed E-state index contributed by atoms with van der Waals surface area (Å²) in [5.74, 6) is -7.92. The maximum atomic E-state index is 14.9. The molecular weight excluding hydrogens is 971 g/mol. The second-order valence-corrected chi connectivity index (χ2v) is 20.1. The number of hydrogen-bond acceptors (Lipinski definition) is 23. The summed E-state index contributed by atoms with van der Waals surface area (Å²) in [6.07, 6.45) is -12.3. The summed E-state index contributed by atoms with van der Waals surface area (Å²) in [6, 6.07) is -0.991. The normalized spacial score (nSPS) is 37.8. The second kappa shape index (κ2) is 23.2. The van der Waals surface area contributed by atoms with Gasteiger partial charge >= 0.3 is 53.8 Å². The van der Waals surface area contributed by atoms with Crippen LogP contribution in [0.5, 0.6) is 0 Å². The van der Waals surface area contributed by atoms with Crippen LogP contribution >= 0.6 is 0 Å². The molecule has 0 spiro atoms. The van der Waals surface area contributed by atoms with Crippen LogP contribution in [0, 0.1) is 40.4 Å². The van der Waals surface area contributed by atoms with Gasteiger partial charge in [-0.1, -0.05) is 13.8 Å². The molecule has 0 aromatic carbocycles. The van der Waals surface area contributed by atoms with E-state index in [9.17, 15) is 47.9 Å². The highest BCUT2D eigenvalue weighted by Crippen LogP contribution is 2.67. The first kappa shape index (κ1) is 56.5.